The SMILES string of the molecule is CCCCCCCCC(O)(O)CCCCCCCCCCC(=O)O. The molecule has 0 aliphatic rings. The van der Waals surface area contributed by atoms with Crippen LogP contribution in [-0.2, 0) is 4.79 Å². The Morgan fingerprint density at radius 3 is 1.46 bits per heavy atom. The van der Waals surface area contributed by atoms with E-state index in [1.807, 2.05) is 0 Å². The van der Waals surface area contributed by atoms with E-state index in [1.54, 1.807) is 0 Å². The van der Waals surface area contributed by atoms with E-state index in [4.69, 9.17) is 5.11 Å². The van der Waals surface area contributed by atoms with Gasteiger partial charge in [-0.15, -0.1) is 0 Å². The van der Waals surface area contributed by atoms with E-state index < -0.39 is 11.8 Å². The van der Waals surface area contributed by atoms with Gasteiger partial charge in [0, 0.05) is 19.3 Å². The Balaban J connectivity index is 3.34. The second kappa shape index (κ2) is 15.9. The fourth-order valence-electron chi connectivity index (χ4n) is 3.06. The molecule has 144 valence electrons. The van der Waals surface area contributed by atoms with Gasteiger partial charge in [0.05, 0.1) is 0 Å². The van der Waals surface area contributed by atoms with E-state index in [1.165, 1.54) is 25.7 Å². The molecule has 0 aliphatic heterocycles. The Morgan fingerprint density at radius 2 is 1.04 bits per heavy atom. The standard InChI is InChI=1S/C20H40O4/c1-2-3-4-5-11-14-17-20(23,24)18-15-12-9-7-6-8-10-13-16-19(21)22/h23-24H,2-18H2,1H3,(H,21,22). The van der Waals surface area contributed by atoms with E-state index in [2.05, 4.69) is 6.92 Å². The quantitative estimate of drug-likeness (QED) is 0.230. The summed E-state index contributed by atoms with van der Waals surface area (Å²) in [6.45, 7) is 2.20. The lowest BCUT2D eigenvalue weighted by atomic mass is 9.99. The third-order valence-electron chi connectivity index (χ3n) is 4.65. The highest BCUT2D eigenvalue weighted by Crippen LogP contribution is 2.21. The van der Waals surface area contributed by atoms with E-state index in [-0.39, 0.29) is 6.42 Å². The highest BCUT2D eigenvalue weighted by molar-refractivity contribution is 5.66. The lowest BCUT2D eigenvalue weighted by Crippen LogP contribution is -2.27. The summed E-state index contributed by atoms with van der Waals surface area (Å²) in [5.74, 6) is -2.17. The molecule has 0 atom stereocenters. The fraction of sp³-hybridized carbons (Fsp3) is 0.950. The molecular weight excluding hydrogens is 304 g/mol. The van der Waals surface area contributed by atoms with Crippen LogP contribution in [0.2, 0.25) is 0 Å². The van der Waals surface area contributed by atoms with Crippen molar-refractivity contribution in [2.45, 2.75) is 122 Å². The number of carboxylic acids is 1. The predicted octanol–water partition coefficient (Wildman–Crippen LogP) is 5.40. The highest BCUT2D eigenvalue weighted by atomic mass is 16.5. The lowest BCUT2D eigenvalue weighted by Gasteiger charge is -2.21. The Labute approximate surface area is 148 Å². The zero-order chi connectivity index (χ0) is 18.1. The Kier molecular flexibility index (Phi) is 15.5. The van der Waals surface area contributed by atoms with Crippen molar-refractivity contribution in [2.24, 2.45) is 0 Å². The van der Waals surface area contributed by atoms with Gasteiger partial charge in [-0.2, -0.15) is 0 Å². The number of carbonyl (C=O) groups is 1. The van der Waals surface area contributed by atoms with Gasteiger partial charge in [-0.3, -0.25) is 4.79 Å². The summed E-state index contributed by atoms with van der Waals surface area (Å²) in [4.78, 5) is 10.4. The summed E-state index contributed by atoms with van der Waals surface area (Å²) >= 11 is 0. The van der Waals surface area contributed by atoms with Gasteiger partial charge in [-0.05, 0) is 19.3 Å². The van der Waals surface area contributed by atoms with Crippen LogP contribution in [0.5, 0.6) is 0 Å². The first-order valence-corrected chi connectivity index (χ1v) is 10.1. The van der Waals surface area contributed by atoms with Crippen molar-refractivity contribution in [1.82, 2.24) is 0 Å². The van der Waals surface area contributed by atoms with E-state index in [0.29, 0.717) is 12.8 Å². The maximum atomic E-state index is 10.4. The van der Waals surface area contributed by atoms with Gasteiger partial charge in [-0.1, -0.05) is 77.6 Å². The number of rotatable bonds is 18. The highest BCUT2D eigenvalue weighted by Gasteiger charge is 2.21. The van der Waals surface area contributed by atoms with Gasteiger partial charge >= 0.3 is 5.97 Å². The molecule has 4 heteroatoms. The zero-order valence-corrected chi connectivity index (χ0v) is 15.8. The van der Waals surface area contributed by atoms with E-state index >= 15 is 0 Å². The maximum absolute atomic E-state index is 10.4. The molecule has 0 aliphatic carbocycles. The molecule has 3 N–H and O–H groups in total. The van der Waals surface area contributed by atoms with Crippen molar-refractivity contribution >= 4 is 5.97 Å². The topological polar surface area (TPSA) is 77.8 Å². The molecule has 0 saturated heterocycles. The summed E-state index contributed by atoms with van der Waals surface area (Å²) in [6, 6.07) is 0. The smallest absolute Gasteiger partial charge is 0.303 e. The van der Waals surface area contributed by atoms with Crippen LogP contribution in [0.4, 0.5) is 0 Å². The normalized spacial score (nSPS) is 11.8. The molecule has 4 nitrogen and oxygen atoms in total. The third kappa shape index (κ3) is 17.7. The molecule has 0 bridgehead atoms. The van der Waals surface area contributed by atoms with Crippen molar-refractivity contribution in [3.05, 3.63) is 0 Å². The van der Waals surface area contributed by atoms with Crippen molar-refractivity contribution < 1.29 is 20.1 Å². The maximum Gasteiger partial charge on any atom is 0.303 e. The van der Waals surface area contributed by atoms with Crippen molar-refractivity contribution in [3.8, 4) is 0 Å². The second-order valence-corrected chi connectivity index (χ2v) is 7.22. The van der Waals surface area contributed by atoms with Crippen molar-refractivity contribution in [1.29, 1.82) is 0 Å². The summed E-state index contributed by atoms with van der Waals surface area (Å²) in [7, 11) is 0. The summed E-state index contributed by atoms with van der Waals surface area (Å²) in [5.41, 5.74) is 0. The molecule has 24 heavy (non-hydrogen) atoms. The molecule has 0 saturated carbocycles. The summed E-state index contributed by atoms with van der Waals surface area (Å²) in [6.07, 6.45) is 16.5. The molecular formula is C20H40O4. The number of aliphatic hydroxyl groups is 2. The first-order chi connectivity index (χ1) is 11.5. The molecule has 0 fully saturated rings. The number of hydrogen-bond donors (Lipinski definition) is 3. The fourth-order valence-corrected chi connectivity index (χ4v) is 3.06. The molecule has 0 rings (SSSR count). The number of hydrogen-bond acceptors (Lipinski definition) is 3. The van der Waals surface area contributed by atoms with Gasteiger partial charge in [-0.25, -0.2) is 0 Å². The Hall–Kier alpha value is -0.610. The van der Waals surface area contributed by atoms with Gasteiger partial charge in [0.25, 0.3) is 0 Å². The van der Waals surface area contributed by atoms with Crippen LogP contribution < -0.4 is 0 Å². The van der Waals surface area contributed by atoms with Gasteiger partial charge in [0.2, 0.25) is 0 Å². The molecule has 0 spiro atoms. The van der Waals surface area contributed by atoms with Crippen LogP contribution in [0, 0.1) is 0 Å². The van der Waals surface area contributed by atoms with Crippen molar-refractivity contribution in [2.75, 3.05) is 0 Å². The van der Waals surface area contributed by atoms with Gasteiger partial charge < -0.3 is 15.3 Å². The monoisotopic (exact) mass is 344 g/mol. The molecule has 0 aromatic heterocycles. The lowest BCUT2D eigenvalue weighted by molar-refractivity contribution is -0.172. The molecule has 0 heterocycles. The zero-order valence-electron chi connectivity index (χ0n) is 15.8. The number of unbranched alkanes of at least 4 members (excludes halogenated alkanes) is 12. The van der Waals surface area contributed by atoms with Crippen LogP contribution >= 0.6 is 0 Å². The van der Waals surface area contributed by atoms with E-state index in [9.17, 15) is 15.0 Å². The molecule has 0 aromatic carbocycles. The largest absolute Gasteiger partial charge is 0.481 e. The molecule has 0 radical (unpaired) electrons. The van der Waals surface area contributed by atoms with Crippen LogP contribution in [0.3, 0.4) is 0 Å². The molecule has 0 aromatic rings. The van der Waals surface area contributed by atoms with Crippen LogP contribution in [0.25, 0.3) is 0 Å². The average Bonchev–Trinajstić information content (AvgIpc) is 2.52. The minimum Gasteiger partial charge on any atom is -0.481 e. The van der Waals surface area contributed by atoms with Gasteiger partial charge in [0.15, 0.2) is 5.79 Å². The van der Waals surface area contributed by atoms with Gasteiger partial charge in [0.1, 0.15) is 0 Å². The Bertz CT molecular complexity index is 289. The van der Waals surface area contributed by atoms with Crippen molar-refractivity contribution in [3.63, 3.8) is 0 Å². The average molecular weight is 345 g/mol. The minimum absolute atomic E-state index is 0.285. The molecule has 0 amide bonds. The van der Waals surface area contributed by atoms with Crippen LogP contribution in [0.15, 0.2) is 0 Å². The van der Waals surface area contributed by atoms with E-state index in [0.717, 1.165) is 64.2 Å². The second-order valence-electron chi connectivity index (χ2n) is 7.22. The Morgan fingerprint density at radius 1 is 0.667 bits per heavy atom. The third-order valence-corrected chi connectivity index (χ3v) is 4.65. The summed E-state index contributed by atoms with van der Waals surface area (Å²) in [5, 5.41) is 28.5. The summed E-state index contributed by atoms with van der Waals surface area (Å²) < 4.78 is 0. The minimum atomic E-state index is -1.47. The van der Waals surface area contributed by atoms with Crippen LogP contribution in [0.1, 0.15) is 116 Å². The molecule has 0 unspecified atom stereocenters. The first-order valence-electron chi connectivity index (χ1n) is 10.1. The number of aliphatic carboxylic acids is 1. The van der Waals surface area contributed by atoms with Crippen LogP contribution in [-0.4, -0.2) is 27.1 Å². The first kappa shape index (κ1) is 23.4. The number of carboxylic acid groups (broad SMARTS) is 1. The predicted molar refractivity (Wildman–Crippen MR) is 99.0 cm³/mol.